The van der Waals surface area contributed by atoms with Crippen LogP contribution in [0.4, 0.5) is 0 Å². The summed E-state index contributed by atoms with van der Waals surface area (Å²) in [4.78, 5) is 0. The molecule has 2 rings (SSSR count). The van der Waals surface area contributed by atoms with Gasteiger partial charge in [-0.05, 0) is 61.3 Å². The van der Waals surface area contributed by atoms with Crippen molar-refractivity contribution in [2.24, 2.45) is 11.8 Å². The van der Waals surface area contributed by atoms with E-state index in [4.69, 9.17) is 0 Å². The Kier molecular flexibility index (Phi) is 8.47. The van der Waals surface area contributed by atoms with E-state index in [0.29, 0.717) is 11.8 Å². The van der Waals surface area contributed by atoms with E-state index in [2.05, 4.69) is 88.1 Å². The predicted octanol–water partition coefficient (Wildman–Crippen LogP) is 7.01. The first-order chi connectivity index (χ1) is 13.5. The number of aliphatic hydroxyl groups excluding tert-OH is 1. The van der Waals surface area contributed by atoms with Crippen LogP contribution in [-0.4, -0.2) is 11.7 Å². The van der Waals surface area contributed by atoms with Crippen molar-refractivity contribution in [1.82, 2.24) is 0 Å². The zero-order valence-corrected chi connectivity index (χ0v) is 17.7. The van der Waals surface area contributed by atoms with Gasteiger partial charge < -0.3 is 5.11 Å². The lowest BCUT2D eigenvalue weighted by Gasteiger charge is -2.23. The van der Waals surface area contributed by atoms with Crippen molar-refractivity contribution in [3.05, 3.63) is 102 Å². The topological polar surface area (TPSA) is 20.2 Å². The van der Waals surface area contributed by atoms with Crippen molar-refractivity contribution in [3.63, 3.8) is 0 Å². The van der Waals surface area contributed by atoms with Gasteiger partial charge in [-0.15, -0.1) is 6.58 Å². The minimum Gasteiger partial charge on any atom is -0.392 e. The molecule has 148 valence electrons. The second-order valence-corrected chi connectivity index (χ2v) is 7.63. The molecule has 1 aliphatic rings. The molecule has 0 spiro atoms. The van der Waals surface area contributed by atoms with Crippen LogP contribution >= 0.6 is 0 Å². The van der Waals surface area contributed by atoms with E-state index >= 15 is 0 Å². The van der Waals surface area contributed by atoms with Crippen LogP contribution in [0.25, 0.3) is 5.57 Å². The highest BCUT2D eigenvalue weighted by molar-refractivity contribution is 5.74. The fourth-order valence-electron chi connectivity index (χ4n) is 3.71. The molecular formula is C27H34O. The SMILES string of the molecule is C=CC(/C=C\C)c1ccc(C(/C=C(\C)CC2C=C(CO)C=CC2C)=C/C)cc1. The Morgan fingerprint density at radius 1 is 1.21 bits per heavy atom. The van der Waals surface area contributed by atoms with Crippen LogP contribution in [-0.2, 0) is 0 Å². The summed E-state index contributed by atoms with van der Waals surface area (Å²) in [5.41, 5.74) is 6.12. The van der Waals surface area contributed by atoms with Gasteiger partial charge in [-0.1, -0.05) is 85.4 Å². The summed E-state index contributed by atoms with van der Waals surface area (Å²) < 4.78 is 0. The van der Waals surface area contributed by atoms with Crippen molar-refractivity contribution in [3.8, 4) is 0 Å². The molecular weight excluding hydrogens is 340 g/mol. The highest BCUT2D eigenvalue weighted by Gasteiger charge is 2.17. The first-order valence-corrected chi connectivity index (χ1v) is 10.2. The van der Waals surface area contributed by atoms with Crippen molar-refractivity contribution in [1.29, 1.82) is 0 Å². The second-order valence-electron chi connectivity index (χ2n) is 7.63. The van der Waals surface area contributed by atoms with Crippen molar-refractivity contribution >= 4 is 5.57 Å². The molecule has 0 aliphatic heterocycles. The van der Waals surface area contributed by atoms with Gasteiger partial charge in [-0.2, -0.15) is 0 Å². The van der Waals surface area contributed by atoms with Crippen molar-refractivity contribution < 1.29 is 5.11 Å². The Morgan fingerprint density at radius 2 is 1.93 bits per heavy atom. The van der Waals surface area contributed by atoms with Gasteiger partial charge in [0.1, 0.15) is 0 Å². The summed E-state index contributed by atoms with van der Waals surface area (Å²) in [5, 5.41) is 9.42. The summed E-state index contributed by atoms with van der Waals surface area (Å²) in [7, 11) is 0. The summed E-state index contributed by atoms with van der Waals surface area (Å²) in [6.45, 7) is 12.6. The Labute approximate surface area is 171 Å². The fraction of sp³-hybridized carbons (Fsp3) is 0.333. The highest BCUT2D eigenvalue weighted by atomic mass is 16.3. The minimum atomic E-state index is 0.119. The molecule has 1 nitrogen and oxygen atoms in total. The molecule has 3 unspecified atom stereocenters. The number of benzene rings is 1. The van der Waals surface area contributed by atoms with Gasteiger partial charge in [-0.25, -0.2) is 0 Å². The van der Waals surface area contributed by atoms with Gasteiger partial charge in [0.2, 0.25) is 0 Å². The van der Waals surface area contributed by atoms with Gasteiger partial charge in [0.05, 0.1) is 6.61 Å². The molecule has 0 heterocycles. The van der Waals surface area contributed by atoms with E-state index in [-0.39, 0.29) is 12.5 Å². The van der Waals surface area contributed by atoms with Crippen LogP contribution in [0.3, 0.4) is 0 Å². The number of hydrogen-bond donors (Lipinski definition) is 1. The first-order valence-electron chi connectivity index (χ1n) is 10.2. The Morgan fingerprint density at radius 3 is 2.50 bits per heavy atom. The lowest BCUT2D eigenvalue weighted by atomic mass is 9.82. The largest absolute Gasteiger partial charge is 0.392 e. The average Bonchev–Trinajstić information content (AvgIpc) is 2.72. The Bertz CT molecular complexity index is 799. The average molecular weight is 375 g/mol. The zero-order valence-electron chi connectivity index (χ0n) is 17.7. The maximum absolute atomic E-state index is 9.42. The molecule has 1 aromatic carbocycles. The van der Waals surface area contributed by atoms with E-state index in [1.807, 2.05) is 19.1 Å². The Hall–Kier alpha value is -2.38. The van der Waals surface area contributed by atoms with Gasteiger partial charge in [-0.3, -0.25) is 0 Å². The lowest BCUT2D eigenvalue weighted by Crippen LogP contribution is -2.12. The van der Waals surface area contributed by atoms with Gasteiger partial charge in [0.15, 0.2) is 0 Å². The van der Waals surface area contributed by atoms with Crippen LogP contribution in [0.5, 0.6) is 0 Å². The predicted molar refractivity (Wildman–Crippen MR) is 123 cm³/mol. The van der Waals surface area contributed by atoms with Gasteiger partial charge in [0.25, 0.3) is 0 Å². The first kappa shape index (κ1) is 21.9. The maximum atomic E-state index is 9.42. The molecule has 0 saturated carbocycles. The second kappa shape index (κ2) is 10.8. The molecule has 1 aromatic rings. The zero-order chi connectivity index (χ0) is 20.5. The molecule has 28 heavy (non-hydrogen) atoms. The quantitative estimate of drug-likeness (QED) is 0.383. The number of hydrogen-bond acceptors (Lipinski definition) is 1. The van der Waals surface area contributed by atoms with Crippen LogP contribution in [0.2, 0.25) is 0 Å². The van der Waals surface area contributed by atoms with Crippen LogP contribution in [0.15, 0.2) is 90.6 Å². The van der Waals surface area contributed by atoms with Gasteiger partial charge in [0, 0.05) is 5.92 Å². The summed E-state index contributed by atoms with van der Waals surface area (Å²) in [6, 6.07) is 8.78. The van der Waals surface area contributed by atoms with E-state index in [1.165, 1.54) is 22.3 Å². The van der Waals surface area contributed by atoms with Crippen molar-refractivity contribution in [2.75, 3.05) is 6.61 Å². The van der Waals surface area contributed by atoms with E-state index in [0.717, 1.165) is 12.0 Å². The monoisotopic (exact) mass is 374 g/mol. The fourth-order valence-corrected chi connectivity index (χ4v) is 3.71. The van der Waals surface area contributed by atoms with Crippen molar-refractivity contribution in [2.45, 2.75) is 40.0 Å². The van der Waals surface area contributed by atoms with Gasteiger partial charge >= 0.3 is 0 Å². The third kappa shape index (κ3) is 5.81. The summed E-state index contributed by atoms with van der Waals surface area (Å²) in [5.74, 6) is 1.20. The molecule has 3 atom stereocenters. The van der Waals surface area contributed by atoms with E-state index in [1.54, 1.807) is 0 Å². The Balaban J connectivity index is 2.15. The molecule has 1 heteroatoms. The third-order valence-corrected chi connectivity index (χ3v) is 5.45. The molecule has 0 radical (unpaired) electrons. The number of aliphatic hydroxyl groups is 1. The van der Waals surface area contributed by atoms with E-state index < -0.39 is 0 Å². The molecule has 0 aromatic heterocycles. The van der Waals surface area contributed by atoms with E-state index in [9.17, 15) is 5.11 Å². The molecule has 0 saturated heterocycles. The number of allylic oxidation sites excluding steroid dienone is 9. The van der Waals surface area contributed by atoms with Crippen LogP contribution in [0.1, 0.15) is 51.2 Å². The molecule has 1 aliphatic carbocycles. The third-order valence-electron chi connectivity index (χ3n) is 5.45. The molecule has 1 N–H and O–H groups in total. The molecule has 0 fully saturated rings. The van der Waals surface area contributed by atoms with Crippen LogP contribution < -0.4 is 0 Å². The summed E-state index contributed by atoms with van der Waals surface area (Å²) in [6.07, 6.45) is 18.2. The maximum Gasteiger partial charge on any atom is 0.0678 e. The standard InChI is InChI=1S/C27H34O/c1-6-9-23(7-2)25-12-14-26(15-13-25)24(8-3)16-20(4)17-27-18-22(19-28)11-10-21(27)5/h6-16,18,21,23,27-28H,2,17,19H2,1,3-5H3/b9-6-,20-16+,24-8+. The lowest BCUT2D eigenvalue weighted by molar-refractivity contribution is 0.331. The molecule has 0 bridgehead atoms. The highest BCUT2D eigenvalue weighted by Crippen LogP contribution is 2.30. The molecule has 0 amide bonds. The smallest absolute Gasteiger partial charge is 0.0678 e. The summed E-state index contributed by atoms with van der Waals surface area (Å²) >= 11 is 0. The number of rotatable bonds is 8. The van der Waals surface area contributed by atoms with Crippen LogP contribution in [0, 0.1) is 11.8 Å². The minimum absolute atomic E-state index is 0.119. The normalized spacial score (nSPS) is 21.7.